The molecule has 2 bridgehead atoms. The van der Waals surface area contributed by atoms with Gasteiger partial charge in [0.2, 0.25) is 11.8 Å². The van der Waals surface area contributed by atoms with Crippen LogP contribution in [0, 0.1) is 17.8 Å². The lowest BCUT2D eigenvalue weighted by Crippen LogP contribution is -2.39. The molecule has 0 heterocycles. The number of hydrogen-bond acceptors (Lipinski definition) is 3. The zero-order chi connectivity index (χ0) is 15.2. The molecule has 3 atom stereocenters. The van der Waals surface area contributed by atoms with E-state index in [0.29, 0.717) is 25.5 Å². The standard InChI is InChI=1S/C16H28N2O3/c1-18(11-15(19)17-6-3-7-21-2)16(20)10-14-9-12-4-5-13(14)8-12/h12-14H,3-11H2,1-2H3,(H,17,19). The second kappa shape index (κ2) is 7.78. The van der Waals surface area contributed by atoms with Gasteiger partial charge in [-0.05, 0) is 43.4 Å². The molecule has 2 fully saturated rings. The van der Waals surface area contributed by atoms with Crippen molar-refractivity contribution < 1.29 is 14.3 Å². The third-order valence-corrected chi connectivity index (χ3v) is 4.98. The minimum atomic E-state index is -0.0881. The maximum Gasteiger partial charge on any atom is 0.239 e. The van der Waals surface area contributed by atoms with E-state index in [1.165, 1.54) is 25.7 Å². The van der Waals surface area contributed by atoms with Crippen molar-refractivity contribution in [1.29, 1.82) is 0 Å². The van der Waals surface area contributed by atoms with Gasteiger partial charge < -0.3 is 15.0 Å². The summed E-state index contributed by atoms with van der Waals surface area (Å²) in [5, 5.41) is 2.81. The monoisotopic (exact) mass is 296 g/mol. The van der Waals surface area contributed by atoms with Crippen molar-refractivity contribution in [3.8, 4) is 0 Å². The first-order valence-corrected chi connectivity index (χ1v) is 8.09. The van der Waals surface area contributed by atoms with Gasteiger partial charge in [0.15, 0.2) is 0 Å². The predicted molar refractivity (Wildman–Crippen MR) is 80.7 cm³/mol. The quantitative estimate of drug-likeness (QED) is 0.689. The summed E-state index contributed by atoms with van der Waals surface area (Å²) in [5.41, 5.74) is 0. The van der Waals surface area contributed by atoms with E-state index >= 15 is 0 Å². The molecule has 0 radical (unpaired) electrons. The molecule has 2 rings (SSSR count). The number of methoxy groups -OCH3 is 1. The van der Waals surface area contributed by atoms with Crippen molar-refractivity contribution in [1.82, 2.24) is 10.2 Å². The zero-order valence-electron chi connectivity index (χ0n) is 13.3. The molecule has 0 aromatic heterocycles. The fraction of sp³-hybridized carbons (Fsp3) is 0.875. The normalized spacial score (nSPS) is 26.9. The highest BCUT2D eigenvalue weighted by atomic mass is 16.5. The smallest absolute Gasteiger partial charge is 0.239 e. The van der Waals surface area contributed by atoms with Gasteiger partial charge in [-0.15, -0.1) is 0 Å². The SMILES string of the molecule is COCCCNC(=O)CN(C)C(=O)CC1CC2CCC1C2. The number of nitrogens with zero attached hydrogens (tertiary/aromatic N) is 1. The lowest BCUT2D eigenvalue weighted by Gasteiger charge is -2.24. The molecule has 5 heteroatoms. The summed E-state index contributed by atoms with van der Waals surface area (Å²) in [4.78, 5) is 25.5. The van der Waals surface area contributed by atoms with Crippen molar-refractivity contribution in [2.75, 3.05) is 33.9 Å². The number of nitrogens with one attached hydrogen (secondary N) is 1. The Hall–Kier alpha value is -1.10. The summed E-state index contributed by atoms with van der Waals surface area (Å²) >= 11 is 0. The number of ether oxygens (including phenoxy) is 1. The third kappa shape index (κ3) is 4.70. The van der Waals surface area contributed by atoms with Crippen LogP contribution in [0.15, 0.2) is 0 Å². The van der Waals surface area contributed by atoms with E-state index in [2.05, 4.69) is 5.32 Å². The Morgan fingerprint density at radius 1 is 1.29 bits per heavy atom. The topological polar surface area (TPSA) is 58.6 Å². The molecule has 5 nitrogen and oxygen atoms in total. The molecule has 2 aliphatic rings. The summed E-state index contributed by atoms with van der Waals surface area (Å²) in [7, 11) is 3.37. The number of rotatable bonds is 8. The van der Waals surface area contributed by atoms with Crippen LogP contribution in [0.1, 0.15) is 38.5 Å². The molecule has 2 saturated carbocycles. The molecule has 1 N–H and O–H groups in total. The fourth-order valence-corrected chi connectivity index (χ4v) is 3.81. The van der Waals surface area contributed by atoms with E-state index in [1.807, 2.05) is 0 Å². The Labute approximate surface area is 127 Å². The van der Waals surface area contributed by atoms with Crippen LogP contribution in [-0.2, 0) is 14.3 Å². The lowest BCUT2D eigenvalue weighted by atomic mass is 9.86. The van der Waals surface area contributed by atoms with Gasteiger partial charge in [0, 0.05) is 33.7 Å². The summed E-state index contributed by atoms with van der Waals surface area (Å²) in [6, 6.07) is 0. The van der Waals surface area contributed by atoms with Gasteiger partial charge in [-0.3, -0.25) is 9.59 Å². The van der Waals surface area contributed by atoms with Crippen LogP contribution in [0.2, 0.25) is 0 Å². The van der Waals surface area contributed by atoms with Crippen molar-refractivity contribution in [3.05, 3.63) is 0 Å². The highest BCUT2D eigenvalue weighted by Crippen LogP contribution is 2.49. The van der Waals surface area contributed by atoms with E-state index in [4.69, 9.17) is 4.74 Å². The molecule has 2 aliphatic carbocycles. The van der Waals surface area contributed by atoms with Gasteiger partial charge in [0.25, 0.3) is 0 Å². The first kappa shape index (κ1) is 16.3. The largest absolute Gasteiger partial charge is 0.385 e. The molecule has 2 amide bonds. The van der Waals surface area contributed by atoms with Crippen molar-refractivity contribution >= 4 is 11.8 Å². The molecule has 0 aromatic rings. The van der Waals surface area contributed by atoms with E-state index in [9.17, 15) is 9.59 Å². The van der Waals surface area contributed by atoms with Crippen LogP contribution < -0.4 is 5.32 Å². The summed E-state index contributed by atoms with van der Waals surface area (Å²) in [5.74, 6) is 2.20. The summed E-state index contributed by atoms with van der Waals surface area (Å²) in [6.45, 7) is 1.40. The molecular formula is C16H28N2O3. The number of fused-ring (bicyclic) bond motifs is 2. The van der Waals surface area contributed by atoms with E-state index in [-0.39, 0.29) is 18.4 Å². The second-order valence-electron chi connectivity index (χ2n) is 6.59. The Kier molecular flexibility index (Phi) is 6.03. The van der Waals surface area contributed by atoms with Crippen LogP contribution >= 0.6 is 0 Å². The highest BCUT2D eigenvalue weighted by Gasteiger charge is 2.40. The van der Waals surface area contributed by atoms with Gasteiger partial charge in [-0.1, -0.05) is 6.42 Å². The maximum absolute atomic E-state index is 12.2. The first-order chi connectivity index (χ1) is 10.1. The molecule has 3 unspecified atom stereocenters. The van der Waals surface area contributed by atoms with Crippen LogP contribution in [0.5, 0.6) is 0 Å². The van der Waals surface area contributed by atoms with E-state index in [1.54, 1.807) is 19.1 Å². The second-order valence-corrected chi connectivity index (χ2v) is 6.59. The average Bonchev–Trinajstić information content (AvgIpc) is 3.06. The maximum atomic E-state index is 12.2. The molecule has 0 spiro atoms. The van der Waals surface area contributed by atoms with Crippen LogP contribution in [-0.4, -0.2) is 50.6 Å². The Bertz CT molecular complexity index is 373. The molecule has 120 valence electrons. The number of amides is 2. The average molecular weight is 296 g/mol. The van der Waals surface area contributed by atoms with Crippen molar-refractivity contribution in [2.24, 2.45) is 17.8 Å². The Balaban J connectivity index is 1.64. The van der Waals surface area contributed by atoms with Gasteiger partial charge in [0.1, 0.15) is 0 Å². The van der Waals surface area contributed by atoms with Gasteiger partial charge in [0.05, 0.1) is 6.54 Å². The fourth-order valence-electron chi connectivity index (χ4n) is 3.81. The van der Waals surface area contributed by atoms with Crippen LogP contribution in [0.4, 0.5) is 0 Å². The van der Waals surface area contributed by atoms with Gasteiger partial charge in [-0.25, -0.2) is 0 Å². The molecule has 0 aliphatic heterocycles. The van der Waals surface area contributed by atoms with Crippen LogP contribution in [0.25, 0.3) is 0 Å². The van der Waals surface area contributed by atoms with Crippen LogP contribution in [0.3, 0.4) is 0 Å². The number of likely N-dealkylation sites (N-methyl/N-ethyl adjacent to an activating group) is 1. The Morgan fingerprint density at radius 3 is 2.71 bits per heavy atom. The highest BCUT2D eigenvalue weighted by molar-refractivity contribution is 5.84. The third-order valence-electron chi connectivity index (χ3n) is 4.98. The molecule has 21 heavy (non-hydrogen) atoms. The summed E-state index contributed by atoms with van der Waals surface area (Å²) < 4.78 is 4.93. The minimum Gasteiger partial charge on any atom is -0.385 e. The number of carbonyl (C=O) groups is 2. The minimum absolute atomic E-state index is 0.0881. The predicted octanol–water partition coefficient (Wildman–Crippen LogP) is 1.42. The zero-order valence-corrected chi connectivity index (χ0v) is 13.3. The van der Waals surface area contributed by atoms with E-state index in [0.717, 1.165) is 18.3 Å². The summed E-state index contributed by atoms with van der Waals surface area (Å²) in [6.07, 6.45) is 6.61. The van der Waals surface area contributed by atoms with Crippen molar-refractivity contribution in [2.45, 2.75) is 38.5 Å². The molecule has 0 aromatic carbocycles. The number of carbonyl (C=O) groups excluding carboxylic acids is 2. The van der Waals surface area contributed by atoms with Gasteiger partial charge >= 0.3 is 0 Å². The van der Waals surface area contributed by atoms with Crippen molar-refractivity contribution in [3.63, 3.8) is 0 Å². The van der Waals surface area contributed by atoms with Gasteiger partial charge in [-0.2, -0.15) is 0 Å². The lowest BCUT2D eigenvalue weighted by molar-refractivity contribution is -0.135. The molecular weight excluding hydrogens is 268 g/mol. The number of hydrogen-bond donors (Lipinski definition) is 1. The first-order valence-electron chi connectivity index (χ1n) is 8.09. The Morgan fingerprint density at radius 2 is 2.10 bits per heavy atom. The molecule has 0 saturated heterocycles. The van der Waals surface area contributed by atoms with E-state index < -0.39 is 0 Å².